The van der Waals surface area contributed by atoms with E-state index in [0.29, 0.717) is 17.9 Å². The molecule has 1 aliphatic heterocycles. The fraction of sp³-hybridized carbons (Fsp3) is 0.750. The van der Waals surface area contributed by atoms with Crippen LogP contribution in [0.25, 0.3) is 0 Å². The van der Waals surface area contributed by atoms with Crippen molar-refractivity contribution >= 4 is 5.71 Å². The number of nitrogens with two attached hydrogens (primary N) is 1. The molecule has 0 aromatic heterocycles. The number of hydrazone groups is 1. The minimum absolute atomic E-state index is 0.403. The van der Waals surface area contributed by atoms with Gasteiger partial charge in [-0.2, -0.15) is 5.10 Å². The molecule has 3 aliphatic rings. The van der Waals surface area contributed by atoms with Crippen LogP contribution in [0.5, 0.6) is 0 Å². The first-order valence-electron chi connectivity index (χ1n) is 6.02. The topological polar surface area (TPSA) is 50.4 Å². The highest BCUT2D eigenvalue weighted by Crippen LogP contribution is 2.52. The zero-order valence-electron chi connectivity index (χ0n) is 9.83. The van der Waals surface area contributed by atoms with E-state index >= 15 is 0 Å². The van der Waals surface area contributed by atoms with Crippen LogP contribution in [0.4, 0.5) is 0 Å². The molecule has 3 rings (SSSR count). The van der Waals surface area contributed by atoms with Gasteiger partial charge in [-0.3, -0.25) is 5.43 Å². The van der Waals surface area contributed by atoms with Crippen molar-refractivity contribution in [1.82, 2.24) is 5.43 Å². The van der Waals surface area contributed by atoms with E-state index in [2.05, 4.69) is 23.7 Å². The molecule has 84 valence electrons. The van der Waals surface area contributed by atoms with Crippen molar-refractivity contribution in [1.29, 1.82) is 0 Å². The quantitative estimate of drug-likeness (QED) is 0.637. The van der Waals surface area contributed by atoms with Crippen LogP contribution >= 0.6 is 0 Å². The van der Waals surface area contributed by atoms with Crippen LogP contribution in [0, 0.1) is 17.8 Å². The van der Waals surface area contributed by atoms with Crippen LogP contribution in [-0.2, 0) is 0 Å². The van der Waals surface area contributed by atoms with Crippen LogP contribution in [-0.4, -0.2) is 11.8 Å². The lowest BCUT2D eigenvalue weighted by Crippen LogP contribution is -2.36. The summed E-state index contributed by atoms with van der Waals surface area (Å²) in [7, 11) is 0. The van der Waals surface area contributed by atoms with Gasteiger partial charge in [0.1, 0.15) is 0 Å². The van der Waals surface area contributed by atoms with Crippen molar-refractivity contribution in [2.45, 2.75) is 39.7 Å². The van der Waals surface area contributed by atoms with Crippen molar-refractivity contribution in [2.75, 3.05) is 0 Å². The fourth-order valence-electron chi connectivity index (χ4n) is 3.33. The van der Waals surface area contributed by atoms with Gasteiger partial charge in [-0.25, -0.2) is 0 Å². The molecule has 3 heteroatoms. The van der Waals surface area contributed by atoms with E-state index in [1.54, 1.807) is 0 Å². The highest BCUT2D eigenvalue weighted by Gasteiger charge is 2.49. The van der Waals surface area contributed by atoms with Crippen LogP contribution in [0.3, 0.4) is 0 Å². The Labute approximate surface area is 91.8 Å². The summed E-state index contributed by atoms with van der Waals surface area (Å²) >= 11 is 0. The lowest BCUT2D eigenvalue weighted by molar-refractivity contribution is 0.440. The molecule has 15 heavy (non-hydrogen) atoms. The second-order valence-electron chi connectivity index (χ2n) is 4.51. The van der Waals surface area contributed by atoms with E-state index in [4.69, 9.17) is 5.73 Å². The Hall–Kier alpha value is -0.830. The maximum atomic E-state index is 6.06. The van der Waals surface area contributed by atoms with E-state index in [1.165, 1.54) is 24.1 Å². The minimum atomic E-state index is 0.403. The zero-order chi connectivity index (χ0) is 11.0. The summed E-state index contributed by atoms with van der Waals surface area (Å²) in [6.07, 6.45) is 4.55. The van der Waals surface area contributed by atoms with Gasteiger partial charge in [-0.15, -0.1) is 0 Å². The van der Waals surface area contributed by atoms with E-state index in [-0.39, 0.29) is 0 Å². The van der Waals surface area contributed by atoms with Gasteiger partial charge in [0.05, 0.1) is 0 Å². The number of hydrogen-bond acceptors (Lipinski definition) is 3. The molecule has 0 aromatic carbocycles. The summed E-state index contributed by atoms with van der Waals surface area (Å²) in [6, 6.07) is 0.403. The third-order valence-corrected chi connectivity index (χ3v) is 3.83. The SMILES string of the molecule is CC.CC1=NNC=C2C3CC(CC3N)C21. The molecule has 4 atom stereocenters. The number of nitrogens with zero attached hydrogens (tertiary/aromatic N) is 1. The maximum Gasteiger partial charge on any atom is 0.0426 e. The second kappa shape index (κ2) is 3.97. The van der Waals surface area contributed by atoms with Crippen molar-refractivity contribution in [3.63, 3.8) is 0 Å². The lowest BCUT2D eigenvalue weighted by atomic mass is 9.79. The van der Waals surface area contributed by atoms with Gasteiger partial charge >= 0.3 is 0 Å². The normalized spacial score (nSPS) is 40.8. The van der Waals surface area contributed by atoms with Crippen LogP contribution in [0.1, 0.15) is 33.6 Å². The zero-order valence-corrected chi connectivity index (χ0v) is 9.83. The lowest BCUT2D eigenvalue weighted by Gasteiger charge is -2.30. The standard InChI is InChI=1S/C10H15N3.C2H6/c1-5-10-6-2-7(9(11)3-6)8(10)4-12-13-5;1-2/h4,6-7,9-10,12H,2-3,11H2,1H3;1-2H3. The molecule has 1 heterocycles. The highest BCUT2D eigenvalue weighted by atomic mass is 15.3. The predicted octanol–water partition coefficient (Wildman–Crippen LogP) is 1.86. The van der Waals surface area contributed by atoms with Crippen molar-refractivity contribution < 1.29 is 0 Å². The summed E-state index contributed by atoms with van der Waals surface area (Å²) in [5.41, 5.74) is 11.8. The van der Waals surface area contributed by atoms with Gasteiger partial charge in [0, 0.05) is 23.9 Å². The van der Waals surface area contributed by atoms with Crippen LogP contribution < -0.4 is 11.2 Å². The summed E-state index contributed by atoms with van der Waals surface area (Å²) in [4.78, 5) is 0. The molecule has 3 nitrogen and oxygen atoms in total. The molecule has 4 unspecified atom stereocenters. The molecule has 3 N–H and O–H groups in total. The van der Waals surface area contributed by atoms with Crippen molar-refractivity contribution in [3.05, 3.63) is 11.8 Å². The van der Waals surface area contributed by atoms with Gasteiger partial charge < -0.3 is 5.73 Å². The Morgan fingerprint density at radius 3 is 2.87 bits per heavy atom. The first-order chi connectivity index (χ1) is 7.27. The molecule has 0 spiro atoms. The maximum absolute atomic E-state index is 6.06. The molecule has 0 aromatic rings. The summed E-state index contributed by atoms with van der Waals surface area (Å²) in [6.45, 7) is 6.12. The molecule has 2 fully saturated rings. The Kier molecular flexibility index (Phi) is 2.83. The Bertz CT molecular complexity index is 306. The summed E-state index contributed by atoms with van der Waals surface area (Å²) in [5, 5.41) is 4.27. The molecular weight excluding hydrogens is 186 g/mol. The average molecular weight is 207 g/mol. The van der Waals surface area contributed by atoms with Gasteiger partial charge in [0.2, 0.25) is 0 Å². The molecule has 0 amide bonds. The smallest absolute Gasteiger partial charge is 0.0426 e. The van der Waals surface area contributed by atoms with Gasteiger partial charge in [-0.1, -0.05) is 13.8 Å². The minimum Gasteiger partial charge on any atom is -0.327 e. The van der Waals surface area contributed by atoms with E-state index in [1.807, 2.05) is 13.8 Å². The first kappa shape index (κ1) is 10.7. The fourth-order valence-corrected chi connectivity index (χ4v) is 3.33. The third-order valence-electron chi connectivity index (χ3n) is 3.83. The monoisotopic (exact) mass is 207 g/mol. The predicted molar refractivity (Wildman–Crippen MR) is 63.4 cm³/mol. The van der Waals surface area contributed by atoms with Gasteiger partial charge in [-0.05, 0) is 37.2 Å². The Balaban J connectivity index is 0.000000404. The highest BCUT2D eigenvalue weighted by molar-refractivity contribution is 5.88. The Morgan fingerprint density at radius 1 is 1.40 bits per heavy atom. The summed E-state index contributed by atoms with van der Waals surface area (Å²) < 4.78 is 0. The van der Waals surface area contributed by atoms with Crippen LogP contribution in [0.15, 0.2) is 16.9 Å². The number of rotatable bonds is 0. The molecule has 2 bridgehead atoms. The number of hydrogen-bond donors (Lipinski definition) is 2. The number of fused-ring (bicyclic) bond motifs is 5. The average Bonchev–Trinajstić information content (AvgIpc) is 2.78. The molecule has 2 aliphatic carbocycles. The van der Waals surface area contributed by atoms with Gasteiger partial charge in [0.15, 0.2) is 0 Å². The van der Waals surface area contributed by atoms with Crippen LogP contribution in [0.2, 0.25) is 0 Å². The van der Waals surface area contributed by atoms with Crippen molar-refractivity contribution in [3.8, 4) is 0 Å². The Morgan fingerprint density at radius 2 is 2.13 bits per heavy atom. The summed E-state index contributed by atoms with van der Waals surface area (Å²) in [5.74, 6) is 2.02. The van der Waals surface area contributed by atoms with Crippen molar-refractivity contribution in [2.24, 2.45) is 28.6 Å². The largest absolute Gasteiger partial charge is 0.327 e. The molecular formula is C12H21N3. The second-order valence-corrected chi connectivity index (χ2v) is 4.51. The van der Waals surface area contributed by atoms with E-state index < -0.39 is 0 Å². The third kappa shape index (κ3) is 1.49. The number of nitrogens with one attached hydrogen (secondary N) is 1. The van der Waals surface area contributed by atoms with E-state index in [9.17, 15) is 0 Å². The molecule has 0 saturated heterocycles. The first-order valence-corrected chi connectivity index (χ1v) is 6.02. The molecule has 0 radical (unpaired) electrons. The van der Waals surface area contributed by atoms with E-state index in [0.717, 1.165) is 5.92 Å². The van der Waals surface area contributed by atoms with Gasteiger partial charge in [0.25, 0.3) is 0 Å². The molecule has 2 saturated carbocycles.